The van der Waals surface area contributed by atoms with Crippen LogP contribution in [0.4, 0.5) is 14.5 Å². The average Bonchev–Trinajstić information content (AvgIpc) is 2.78. The standard InChI is InChI=1S/C24H22F2N2O3S/c1-28(2)24(32)27-15-10-11-17-18(13-15)22(14-6-4-7-16(12-14)29-3)30-19-8-5-9-20(21(17)19)31-23(25)26/h4-13,22-23H,1-3H3,(H,27,32). The minimum absolute atomic E-state index is 0.0624. The molecule has 3 aromatic rings. The molecule has 0 amide bonds. The van der Waals surface area contributed by atoms with Gasteiger partial charge in [-0.15, -0.1) is 0 Å². The Kier molecular flexibility index (Phi) is 6.14. The van der Waals surface area contributed by atoms with Crippen LogP contribution >= 0.6 is 12.2 Å². The van der Waals surface area contributed by atoms with Crippen molar-refractivity contribution in [2.24, 2.45) is 0 Å². The Morgan fingerprint density at radius 3 is 2.59 bits per heavy atom. The smallest absolute Gasteiger partial charge is 0.387 e. The second-order valence-corrected chi connectivity index (χ2v) is 7.80. The molecule has 0 fully saturated rings. The van der Waals surface area contributed by atoms with Crippen LogP contribution in [-0.4, -0.2) is 37.8 Å². The summed E-state index contributed by atoms with van der Waals surface area (Å²) in [6, 6.07) is 18.1. The summed E-state index contributed by atoms with van der Waals surface area (Å²) in [5.74, 6) is 1.22. The number of hydrogen-bond donors (Lipinski definition) is 1. The highest BCUT2D eigenvalue weighted by Gasteiger charge is 2.31. The Hall–Kier alpha value is -3.39. The molecule has 0 bridgehead atoms. The molecule has 1 aliphatic rings. The molecule has 0 saturated carbocycles. The first-order valence-corrected chi connectivity index (χ1v) is 10.3. The van der Waals surface area contributed by atoms with Gasteiger partial charge >= 0.3 is 6.61 Å². The predicted molar refractivity (Wildman–Crippen MR) is 124 cm³/mol. The lowest BCUT2D eigenvalue weighted by Gasteiger charge is -2.31. The van der Waals surface area contributed by atoms with E-state index in [1.165, 1.54) is 6.07 Å². The molecule has 1 heterocycles. The summed E-state index contributed by atoms with van der Waals surface area (Å²) in [5.41, 5.74) is 3.65. The van der Waals surface area contributed by atoms with Crippen molar-refractivity contribution in [3.63, 3.8) is 0 Å². The van der Waals surface area contributed by atoms with Crippen LogP contribution in [0, 0.1) is 0 Å². The summed E-state index contributed by atoms with van der Waals surface area (Å²) in [7, 11) is 5.29. The zero-order valence-corrected chi connectivity index (χ0v) is 18.6. The molecule has 4 rings (SSSR count). The van der Waals surface area contributed by atoms with E-state index in [9.17, 15) is 8.78 Å². The molecule has 1 N–H and O–H groups in total. The third kappa shape index (κ3) is 4.31. The van der Waals surface area contributed by atoms with E-state index in [0.717, 1.165) is 22.4 Å². The molecule has 0 aromatic heterocycles. The summed E-state index contributed by atoms with van der Waals surface area (Å²) < 4.78 is 42.6. The van der Waals surface area contributed by atoms with Crippen molar-refractivity contribution in [3.05, 3.63) is 71.8 Å². The maximum Gasteiger partial charge on any atom is 0.387 e. The lowest BCUT2D eigenvalue weighted by atomic mass is 9.88. The number of rotatable bonds is 5. The van der Waals surface area contributed by atoms with Crippen LogP contribution in [0.3, 0.4) is 0 Å². The minimum atomic E-state index is -2.94. The third-order valence-electron chi connectivity index (χ3n) is 5.11. The summed E-state index contributed by atoms with van der Waals surface area (Å²) >= 11 is 5.37. The number of nitrogens with one attached hydrogen (secondary N) is 1. The number of nitrogens with zero attached hydrogens (tertiary/aromatic N) is 1. The van der Waals surface area contributed by atoms with Gasteiger partial charge in [0.15, 0.2) is 5.11 Å². The third-order valence-corrected chi connectivity index (χ3v) is 5.57. The number of halogens is 2. The van der Waals surface area contributed by atoms with Crippen LogP contribution in [0.2, 0.25) is 0 Å². The van der Waals surface area contributed by atoms with Gasteiger partial charge in [-0.25, -0.2) is 0 Å². The fourth-order valence-electron chi connectivity index (χ4n) is 3.63. The van der Waals surface area contributed by atoms with E-state index in [2.05, 4.69) is 5.32 Å². The van der Waals surface area contributed by atoms with Crippen LogP contribution < -0.4 is 19.5 Å². The number of thiocarbonyl (C=S) groups is 1. The number of methoxy groups -OCH3 is 1. The summed E-state index contributed by atoms with van der Waals surface area (Å²) in [5, 5.41) is 3.73. The van der Waals surface area contributed by atoms with E-state index in [-0.39, 0.29) is 5.75 Å². The topological polar surface area (TPSA) is 43.0 Å². The summed E-state index contributed by atoms with van der Waals surface area (Å²) in [4.78, 5) is 1.79. The lowest BCUT2D eigenvalue weighted by molar-refractivity contribution is -0.0496. The Balaban J connectivity index is 1.87. The maximum absolute atomic E-state index is 13.1. The molecule has 8 heteroatoms. The normalized spacial score (nSPS) is 14.1. The van der Waals surface area contributed by atoms with Gasteiger partial charge in [0.25, 0.3) is 0 Å². The molecule has 5 nitrogen and oxygen atoms in total. The molecule has 1 aliphatic heterocycles. The highest BCUT2D eigenvalue weighted by atomic mass is 32.1. The van der Waals surface area contributed by atoms with E-state index in [1.54, 1.807) is 24.1 Å². The quantitative estimate of drug-likeness (QED) is 0.497. The highest BCUT2D eigenvalue weighted by Crippen LogP contribution is 2.50. The minimum Gasteiger partial charge on any atom is -0.497 e. The SMILES string of the molecule is COc1cccc(C2Oc3cccc(OC(F)F)c3-c3ccc(NC(=S)N(C)C)cc32)c1. The fraction of sp³-hybridized carbons (Fsp3) is 0.208. The molecular weight excluding hydrogens is 434 g/mol. The second-order valence-electron chi connectivity index (χ2n) is 7.41. The van der Waals surface area contributed by atoms with Crippen molar-refractivity contribution >= 4 is 23.0 Å². The Morgan fingerprint density at radius 1 is 1.09 bits per heavy atom. The van der Waals surface area contributed by atoms with Crippen LogP contribution in [0.5, 0.6) is 17.2 Å². The Labute approximate surface area is 190 Å². The Bertz CT molecular complexity index is 1150. The van der Waals surface area contributed by atoms with Gasteiger partial charge in [-0.1, -0.05) is 24.3 Å². The molecule has 3 aromatic carbocycles. The number of alkyl halides is 2. The van der Waals surface area contributed by atoms with Gasteiger partial charge in [0, 0.05) is 30.9 Å². The van der Waals surface area contributed by atoms with Gasteiger partial charge in [0.1, 0.15) is 23.4 Å². The lowest BCUT2D eigenvalue weighted by Crippen LogP contribution is -2.27. The number of fused-ring (bicyclic) bond motifs is 3. The molecule has 166 valence electrons. The first kappa shape index (κ1) is 21.8. The van der Waals surface area contributed by atoms with Crippen molar-refractivity contribution in [1.82, 2.24) is 4.90 Å². The molecule has 32 heavy (non-hydrogen) atoms. The molecule has 1 unspecified atom stereocenters. The van der Waals surface area contributed by atoms with E-state index in [0.29, 0.717) is 22.2 Å². The first-order chi connectivity index (χ1) is 15.4. The van der Waals surface area contributed by atoms with Crippen LogP contribution in [0.1, 0.15) is 17.2 Å². The van der Waals surface area contributed by atoms with E-state index < -0.39 is 12.7 Å². The Morgan fingerprint density at radius 2 is 1.88 bits per heavy atom. The van der Waals surface area contributed by atoms with Gasteiger partial charge in [-0.2, -0.15) is 8.78 Å². The molecule has 0 spiro atoms. The zero-order valence-electron chi connectivity index (χ0n) is 17.8. The predicted octanol–water partition coefficient (Wildman–Crippen LogP) is 5.70. The highest BCUT2D eigenvalue weighted by molar-refractivity contribution is 7.80. The zero-order chi connectivity index (χ0) is 22.8. The van der Waals surface area contributed by atoms with Crippen LogP contribution in [-0.2, 0) is 0 Å². The van der Waals surface area contributed by atoms with E-state index in [1.807, 2.05) is 56.6 Å². The van der Waals surface area contributed by atoms with Gasteiger partial charge in [0.05, 0.1) is 12.7 Å². The molecule has 0 radical (unpaired) electrons. The van der Waals surface area contributed by atoms with E-state index in [4.69, 9.17) is 26.4 Å². The van der Waals surface area contributed by atoms with Crippen LogP contribution in [0.15, 0.2) is 60.7 Å². The fourth-order valence-corrected chi connectivity index (χ4v) is 3.75. The van der Waals surface area contributed by atoms with Gasteiger partial charge in [0.2, 0.25) is 0 Å². The van der Waals surface area contributed by atoms with Crippen molar-refractivity contribution in [2.45, 2.75) is 12.7 Å². The van der Waals surface area contributed by atoms with Gasteiger partial charge in [-0.3, -0.25) is 0 Å². The van der Waals surface area contributed by atoms with E-state index >= 15 is 0 Å². The largest absolute Gasteiger partial charge is 0.497 e. The maximum atomic E-state index is 13.1. The van der Waals surface area contributed by atoms with Gasteiger partial charge < -0.3 is 24.4 Å². The number of anilines is 1. The van der Waals surface area contributed by atoms with Crippen molar-refractivity contribution in [3.8, 4) is 28.4 Å². The molecule has 0 aliphatic carbocycles. The monoisotopic (exact) mass is 456 g/mol. The van der Waals surface area contributed by atoms with Gasteiger partial charge in [-0.05, 0) is 54.2 Å². The molecule has 0 saturated heterocycles. The second kappa shape index (κ2) is 9.00. The molecular formula is C24H22F2N2O3S. The average molecular weight is 457 g/mol. The summed E-state index contributed by atoms with van der Waals surface area (Å²) in [6.07, 6.45) is -0.482. The number of ether oxygens (including phenoxy) is 3. The number of benzene rings is 3. The number of hydrogen-bond acceptors (Lipinski definition) is 4. The molecule has 1 atom stereocenters. The first-order valence-electron chi connectivity index (χ1n) is 9.88. The van der Waals surface area contributed by atoms with Crippen LogP contribution in [0.25, 0.3) is 11.1 Å². The van der Waals surface area contributed by atoms with Crippen molar-refractivity contribution < 1.29 is 23.0 Å². The van der Waals surface area contributed by atoms with Crippen molar-refractivity contribution in [2.75, 3.05) is 26.5 Å². The summed E-state index contributed by atoms with van der Waals surface area (Å²) in [6.45, 7) is -2.94. The van der Waals surface area contributed by atoms with Crippen molar-refractivity contribution in [1.29, 1.82) is 0 Å².